The van der Waals surface area contributed by atoms with E-state index in [1.165, 1.54) is 11.1 Å². The van der Waals surface area contributed by atoms with E-state index in [0.29, 0.717) is 6.54 Å². The summed E-state index contributed by atoms with van der Waals surface area (Å²) in [5.41, 5.74) is 4.59. The van der Waals surface area contributed by atoms with Crippen molar-refractivity contribution in [3.05, 3.63) is 28.3 Å². The van der Waals surface area contributed by atoms with Crippen LogP contribution >= 0.6 is 0 Å². The molecule has 0 aliphatic heterocycles. The van der Waals surface area contributed by atoms with Gasteiger partial charge >= 0.3 is 5.97 Å². The highest BCUT2D eigenvalue weighted by Gasteiger charge is 2.13. The molecule has 0 fully saturated rings. The van der Waals surface area contributed by atoms with Crippen LogP contribution in [0.5, 0.6) is 5.75 Å². The van der Waals surface area contributed by atoms with Crippen LogP contribution in [0.4, 0.5) is 0 Å². The van der Waals surface area contributed by atoms with Crippen molar-refractivity contribution in [2.24, 2.45) is 0 Å². The molecule has 100 valence electrons. The van der Waals surface area contributed by atoms with E-state index in [4.69, 9.17) is 9.84 Å². The lowest BCUT2D eigenvalue weighted by Crippen LogP contribution is -2.26. The van der Waals surface area contributed by atoms with Crippen molar-refractivity contribution in [1.29, 1.82) is 0 Å². The number of carboxylic acid groups (broad SMARTS) is 1. The van der Waals surface area contributed by atoms with Crippen LogP contribution in [0.25, 0.3) is 0 Å². The van der Waals surface area contributed by atoms with Gasteiger partial charge in [0.15, 0.2) is 0 Å². The van der Waals surface area contributed by atoms with Crippen LogP contribution in [-0.2, 0) is 11.3 Å². The standard InChI is InChI=1S/C14H21NO3/c1-9-6-13(18-5)11(3)10(2)12(9)7-15(4)8-14(16)17/h6H,7-8H2,1-5H3,(H,16,17). The molecule has 4 nitrogen and oxygen atoms in total. The Kier molecular flexibility index (Phi) is 4.73. The Hall–Kier alpha value is -1.55. The van der Waals surface area contributed by atoms with Crippen LogP contribution < -0.4 is 4.74 Å². The van der Waals surface area contributed by atoms with Crippen LogP contribution in [0.2, 0.25) is 0 Å². The van der Waals surface area contributed by atoms with Gasteiger partial charge < -0.3 is 9.84 Å². The molecule has 1 rings (SSSR count). The van der Waals surface area contributed by atoms with Crippen LogP contribution in [0.3, 0.4) is 0 Å². The summed E-state index contributed by atoms with van der Waals surface area (Å²) in [4.78, 5) is 12.5. The Labute approximate surface area is 108 Å². The first kappa shape index (κ1) is 14.5. The summed E-state index contributed by atoms with van der Waals surface area (Å²) in [6.45, 7) is 6.78. The van der Waals surface area contributed by atoms with Gasteiger partial charge in [-0.1, -0.05) is 0 Å². The Bertz CT molecular complexity index is 455. The van der Waals surface area contributed by atoms with Gasteiger partial charge in [-0.3, -0.25) is 9.69 Å². The van der Waals surface area contributed by atoms with E-state index < -0.39 is 5.97 Å². The zero-order valence-electron chi connectivity index (χ0n) is 11.7. The molecule has 1 aromatic carbocycles. The van der Waals surface area contributed by atoms with Gasteiger partial charge in [0.2, 0.25) is 0 Å². The van der Waals surface area contributed by atoms with E-state index in [0.717, 1.165) is 16.9 Å². The predicted molar refractivity (Wildman–Crippen MR) is 71.2 cm³/mol. The minimum Gasteiger partial charge on any atom is -0.496 e. The summed E-state index contributed by atoms with van der Waals surface area (Å²) < 4.78 is 5.32. The summed E-state index contributed by atoms with van der Waals surface area (Å²) in [5.74, 6) is 0.0766. The molecule has 1 N–H and O–H groups in total. The molecule has 0 spiro atoms. The quantitative estimate of drug-likeness (QED) is 0.871. The first-order chi connectivity index (χ1) is 8.36. The summed E-state index contributed by atoms with van der Waals surface area (Å²) in [6, 6.07) is 2.01. The number of methoxy groups -OCH3 is 1. The fourth-order valence-electron chi connectivity index (χ4n) is 2.11. The van der Waals surface area contributed by atoms with Gasteiger partial charge in [-0.25, -0.2) is 0 Å². The number of hydrogen-bond acceptors (Lipinski definition) is 3. The molecule has 0 aliphatic rings. The van der Waals surface area contributed by atoms with Crippen molar-refractivity contribution < 1.29 is 14.6 Å². The van der Waals surface area contributed by atoms with Crippen molar-refractivity contribution in [3.63, 3.8) is 0 Å². The maximum atomic E-state index is 10.7. The minimum atomic E-state index is -0.807. The summed E-state index contributed by atoms with van der Waals surface area (Å²) >= 11 is 0. The van der Waals surface area contributed by atoms with E-state index in [1.54, 1.807) is 12.0 Å². The van der Waals surface area contributed by atoms with Gasteiger partial charge in [0.25, 0.3) is 0 Å². The molecule has 0 radical (unpaired) electrons. The van der Waals surface area contributed by atoms with E-state index in [9.17, 15) is 4.79 Å². The van der Waals surface area contributed by atoms with Crippen LogP contribution in [-0.4, -0.2) is 36.7 Å². The Morgan fingerprint density at radius 1 is 1.33 bits per heavy atom. The fourth-order valence-corrected chi connectivity index (χ4v) is 2.11. The molecule has 0 saturated heterocycles. The lowest BCUT2D eigenvalue weighted by Gasteiger charge is -2.20. The summed E-state index contributed by atoms with van der Waals surface area (Å²) in [5, 5.41) is 8.78. The second kappa shape index (κ2) is 5.87. The molecule has 0 aromatic heterocycles. The number of ether oxygens (including phenoxy) is 1. The third-order valence-electron chi connectivity index (χ3n) is 3.26. The number of aliphatic carboxylic acids is 1. The largest absolute Gasteiger partial charge is 0.496 e. The normalized spacial score (nSPS) is 10.8. The molecule has 0 aliphatic carbocycles. The van der Waals surface area contributed by atoms with Crippen molar-refractivity contribution >= 4 is 5.97 Å². The predicted octanol–water partition coefficient (Wildman–Crippen LogP) is 2.14. The number of carbonyl (C=O) groups is 1. The smallest absolute Gasteiger partial charge is 0.317 e. The van der Waals surface area contributed by atoms with Crippen LogP contribution in [0.15, 0.2) is 6.07 Å². The molecule has 0 heterocycles. The van der Waals surface area contributed by atoms with E-state index >= 15 is 0 Å². The lowest BCUT2D eigenvalue weighted by atomic mass is 9.97. The minimum absolute atomic E-state index is 0.0456. The molecule has 0 saturated carbocycles. The Balaban J connectivity index is 3.03. The van der Waals surface area contributed by atoms with E-state index in [1.807, 2.05) is 27.0 Å². The van der Waals surface area contributed by atoms with Gasteiger partial charge in [-0.2, -0.15) is 0 Å². The number of aryl methyl sites for hydroxylation is 1. The van der Waals surface area contributed by atoms with Gasteiger partial charge in [-0.15, -0.1) is 0 Å². The topological polar surface area (TPSA) is 49.8 Å². The second-order valence-electron chi connectivity index (χ2n) is 4.69. The second-order valence-corrected chi connectivity index (χ2v) is 4.69. The molecular formula is C14H21NO3. The summed E-state index contributed by atoms with van der Waals surface area (Å²) in [7, 11) is 3.48. The van der Waals surface area contributed by atoms with Gasteiger partial charge in [0.1, 0.15) is 5.75 Å². The average molecular weight is 251 g/mol. The van der Waals surface area contributed by atoms with Crippen LogP contribution in [0.1, 0.15) is 22.3 Å². The number of rotatable bonds is 5. The zero-order valence-corrected chi connectivity index (χ0v) is 11.7. The highest BCUT2D eigenvalue weighted by atomic mass is 16.5. The van der Waals surface area contributed by atoms with Crippen molar-refractivity contribution in [1.82, 2.24) is 4.90 Å². The van der Waals surface area contributed by atoms with Gasteiger partial charge in [-0.05, 0) is 56.1 Å². The lowest BCUT2D eigenvalue weighted by molar-refractivity contribution is -0.138. The van der Waals surface area contributed by atoms with Crippen LogP contribution in [0, 0.1) is 20.8 Å². The van der Waals surface area contributed by atoms with Crippen molar-refractivity contribution in [3.8, 4) is 5.75 Å². The first-order valence-electron chi connectivity index (χ1n) is 5.90. The number of benzene rings is 1. The number of likely N-dealkylation sites (N-methyl/N-ethyl adjacent to an activating group) is 1. The molecular weight excluding hydrogens is 230 g/mol. The maximum Gasteiger partial charge on any atom is 0.317 e. The van der Waals surface area contributed by atoms with Crippen molar-refractivity contribution in [2.45, 2.75) is 27.3 Å². The Morgan fingerprint density at radius 2 is 1.94 bits per heavy atom. The third kappa shape index (κ3) is 3.23. The van der Waals surface area contributed by atoms with Gasteiger partial charge in [0, 0.05) is 6.54 Å². The highest BCUT2D eigenvalue weighted by molar-refractivity contribution is 5.69. The average Bonchev–Trinajstić information content (AvgIpc) is 2.28. The van der Waals surface area contributed by atoms with Crippen molar-refractivity contribution in [2.75, 3.05) is 20.7 Å². The van der Waals surface area contributed by atoms with E-state index in [-0.39, 0.29) is 6.54 Å². The number of nitrogens with zero attached hydrogens (tertiary/aromatic N) is 1. The molecule has 0 unspecified atom stereocenters. The van der Waals surface area contributed by atoms with Gasteiger partial charge in [0.05, 0.1) is 13.7 Å². The summed E-state index contributed by atoms with van der Waals surface area (Å²) in [6.07, 6.45) is 0. The molecule has 0 amide bonds. The molecule has 1 aromatic rings. The molecule has 0 atom stereocenters. The zero-order chi connectivity index (χ0) is 13.9. The SMILES string of the molecule is COc1cc(C)c(CN(C)CC(=O)O)c(C)c1C. The molecule has 0 bridgehead atoms. The maximum absolute atomic E-state index is 10.7. The number of hydrogen-bond donors (Lipinski definition) is 1. The molecule has 4 heteroatoms. The third-order valence-corrected chi connectivity index (χ3v) is 3.26. The highest BCUT2D eigenvalue weighted by Crippen LogP contribution is 2.28. The monoisotopic (exact) mass is 251 g/mol. The molecule has 18 heavy (non-hydrogen) atoms. The Morgan fingerprint density at radius 3 is 2.44 bits per heavy atom. The van der Waals surface area contributed by atoms with E-state index in [2.05, 4.69) is 6.92 Å². The fraction of sp³-hybridized carbons (Fsp3) is 0.500. The first-order valence-corrected chi connectivity index (χ1v) is 5.90. The number of carboxylic acids is 1.